The van der Waals surface area contributed by atoms with Crippen molar-refractivity contribution in [1.29, 1.82) is 0 Å². The average molecular weight is 1080 g/mol. The minimum Gasteiger partial charge on any atom is -0.394 e. The molecule has 76 heavy (non-hydrogen) atoms. The first kappa shape index (κ1) is 72.6. The largest absolute Gasteiger partial charge is 0.394 e. The van der Waals surface area contributed by atoms with Gasteiger partial charge in [0, 0.05) is 0 Å². The number of hydrogen-bond acceptors (Lipinski definition) is 9. The second-order valence-electron chi connectivity index (χ2n) is 23.4. The number of carbonyl (C=O) groups is 1. The van der Waals surface area contributed by atoms with Crippen molar-refractivity contribution in [3.8, 4) is 0 Å². The van der Waals surface area contributed by atoms with Crippen LogP contribution in [0.4, 0.5) is 0 Å². The van der Waals surface area contributed by atoms with Gasteiger partial charge in [0.1, 0.15) is 30.5 Å². The van der Waals surface area contributed by atoms with Crippen molar-refractivity contribution < 1.29 is 44.9 Å². The van der Waals surface area contributed by atoms with E-state index in [0.29, 0.717) is 6.42 Å². The first-order valence-corrected chi connectivity index (χ1v) is 33.2. The minimum atomic E-state index is -1.61. The molecule has 0 aromatic rings. The van der Waals surface area contributed by atoms with Gasteiger partial charge in [-0.15, -0.1) is 0 Å². The van der Waals surface area contributed by atoms with Crippen LogP contribution in [0.5, 0.6) is 0 Å². The average Bonchev–Trinajstić information content (AvgIpc) is 3.42. The molecule has 0 spiro atoms. The van der Waals surface area contributed by atoms with Crippen LogP contribution in [0.3, 0.4) is 0 Å². The molecule has 7 N–H and O–H groups in total. The molecule has 10 heteroatoms. The summed E-state index contributed by atoms with van der Waals surface area (Å²) in [5, 5.41) is 65.2. The van der Waals surface area contributed by atoms with Crippen LogP contribution in [0.15, 0.2) is 24.3 Å². The van der Waals surface area contributed by atoms with Gasteiger partial charge in [-0.25, -0.2) is 0 Å². The summed E-state index contributed by atoms with van der Waals surface area (Å²) in [4.78, 5) is 13.2. The molecule has 8 atom stereocenters. The number of allylic oxidation sites excluding steroid dienone is 3. The van der Waals surface area contributed by atoms with Crippen molar-refractivity contribution in [2.45, 2.75) is 377 Å². The van der Waals surface area contributed by atoms with Crippen LogP contribution < -0.4 is 5.32 Å². The fourth-order valence-corrected chi connectivity index (χ4v) is 10.8. The van der Waals surface area contributed by atoms with Crippen LogP contribution in [-0.2, 0) is 14.3 Å². The van der Waals surface area contributed by atoms with Gasteiger partial charge in [0.2, 0.25) is 5.91 Å². The fourth-order valence-electron chi connectivity index (χ4n) is 10.8. The summed E-state index contributed by atoms with van der Waals surface area (Å²) < 4.78 is 11.2. The maximum Gasteiger partial charge on any atom is 0.249 e. The molecule has 0 aliphatic carbocycles. The van der Waals surface area contributed by atoms with E-state index in [4.69, 9.17) is 9.47 Å². The summed E-state index contributed by atoms with van der Waals surface area (Å²) in [6, 6.07) is -0.979. The van der Waals surface area contributed by atoms with Crippen LogP contribution in [0, 0.1) is 0 Å². The fraction of sp³-hybridized carbons (Fsp3) is 0.924. The first-order chi connectivity index (χ1) is 37.3. The SMILES string of the molecule is CCCCCCCCCCCCCCCC/C=C\CCCCCCCCCCCCCCCCCCC(O)C(=O)NC(COC1OC(CO)C(O)C(O)C1O)C(O)/C=C/CCCCCCCCCCCCCCCCC. The molecule has 0 saturated carbocycles. The normalized spacial score (nSPS) is 19.3. The molecule has 10 nitrogen and oxygen atoms in total. The van der Waals surface area contributed by atoms with Crippen molar-refractivity contribution in [2.24, 2.45) is 0 Å². The monoisotopic (exact) mass is 1080 g/mol. The minimum absolute atomic E-state index is 0.302. The zero-order valence-electron chi connectivity index (χ0n) is 49.9. The first-order valence-electron chi connectivity index (χ1n) is 33.2. The summed E-state index contributed by atoms with van der Waals surface area (Å²) in [6.45, 7) is 3.66. The summed E-state index contributed by atoms with van der Waals surface area (Å²) in [6.07, 6.45) is 61.7. The van der Waals surface area contributed by atoms with Crippen molar-refractivity contribution in [2.75, 3.05) is 13.2 Å². The van der Waals surface area contributed by atoms with Crippen LogP contribution in [0.1, 0.15) is 328 Å². The molecule has 0 aromatic carbocycles. The van der Waals surface area contributed by atoms with Gasteiger partial charge in [0.05, 0.1) is 25.4 Å². The van der Waals surface area contributed by atoms with Gasteiger partial charge < -0.3 is 45.4 Å². The topological polar surface area (TPSA) is 169 Å². The number of carbonyl (C=O) groups excluding carboxylic acids is 1. The Bertz CT molecular complexity index is 1270. The van der Waals surface area contributed by atoms with Crippen LogP contribution >= 0.6 is 0 Å². The van der Waals surface area contributed by atoms with E-state index in [9.17, 15) is 35.4 Å². The van der Waals surface area contributed by atoms with Crippen molar-refractivity contribution in [1.82, 2.24) is 5.32 Å². The van der Waals surface area contributed by atoms with Crippen molar-refractivity contribution in [3.05, 3.63) is 24.3 Å². The Labute approximate surface area is 469 Å². The molecule has 0 radical (unpaired) electrons. The summed E-state index contributed by atoms with van der Waals surface area (Å²) >= 11 is 0. The molecule has 0 aromatic heterocycles. The molecule has 1 fully saturated rings. The standard InChI is InChI=1S/C66H127NO9/c1-3-5-7-9-11-13-15-17-19-21-22-23-24-25-26-27-28-29-30-31-32-33-34-35-36-37-39-41-43-45-47-49-51-53-55-60(70)65(74)67-58(57-75-66-64(73)63(72)62(71)61(56-68)76-66)59(69)54-52-50-48-46-44-42-40-38-20-18-16-14-12-10-8-6-4-2/h27-28,52,54,58-64,66,68-73H,3-26,29-51,53,55-57H2,1-2H3,(H,67,74)/b28-27-,54-52+. The number of rotatable bonds is 58. The number of ether oxygens (including phenoxy) is 2. The third-order valence-corrected chi connectivity index (χ3v) is 16.1. The molecule has 1 amide bonds. The van der Waals surface area contributed by atoms with Crippen molar-refractivity contribution in [3.63, 3.8) is 0 Å². The van der Waals surface area contributed by atoms with Gasteiger partial charge in [-0.2, -0.15) is 0 Å². The Balaban J connectivity index is 2.13. The van der Waals surface area contributed by atoms with E-state index in [1.54, 1.807) is 6.08 Å². The highest BCUT2D eigenvalue weighted by atomic mass is 16.7. The summed E-state index contributed by atoms with van der Waals surface area (Å²) in [7, 11) is 0. The second kappa shape index (κ2) is 55.5. The van der Waals surface area contributed by atoms with Gasteiger partial charge in [-0.1, -0.05) is 308 Å². The Morgan fingerprint density at radius 3 is 1.11 bits per heavy atom. The zero-order valence-corrected chi connectivity index (χ0v) is 49.9. The Morgan fingerprint density at radius 2 is 0.763 bits per heavy atom. The molecule has 1 rings (SSSR count). The van der Waals surface area contributed by atoms with E-state index < -0.39 is 61.5 Å². The smallest absolute Gasteiger partial charge is 0.249 e. The number of nitrogens with one attached hydrogen (secondary N) is 1. The quantitative estimate of drug-likeness (QED) is 0.0232. The predicted octanol–water partition coefficient (Wildman–Crippen LogP) is 16.3. The van der Waals surface area contributed by atoms with Crippen LogP contribution in [-0.4, -0.2) is 98.7 Å². The Kier molecular flexibility index (Phi) is 53.1. The van der Waals surface area contributed by atoms with Crippen LogP contribution in [0.2, 0.25) is 0 Å². The maximum absolute atomic E-state index is 13.2. The van der Waals surface area contributed by atoms with Gasteiger partial charge in [-0.05, 0) is 44.9 Å². The Morgan fingerprint density at radius 1 is 0.447 bits per heavy atom. The zero-order chi connectivity index (χ0) is 55.2. The molecule has 450 valence electrons. The van der Waals surface area contributed by atoms with E-state index in [1.165, 1.54) is 263 Å². The van der Waals surface area contributed by atoms with Crippen molar-refractivity contribution >= 4 is 5.91 Å². The molecule has 1 aliphatic heterocycles. The highest BCUT2D eigenvalue weighted by molar-refractivity contribution is 5.80. The Hall–Kier alpha value is -1.37. The lowest BCUT2D eigenvalue weighted by atomic mass is 9.99. The lowest BCUT2D eigenvalue weighted by molar-refractivity contribution is -0.302. The van der Waals surface area contributed by atoms with E-state index in [1.807, 2.05) is 6.08 Å². The van der Waals surface area contributed by atoms with E-state index in [2.05, 4.69) is 31.3 Å². The van der Waals surface area contributed by atoms with E-state index in [0.717, 1.165) is 44.9 Å². The predicted molar refractivity (Wildman–Crippen MR) is 320 cm³/mol. The van der Waals surface area contributed by atoms with Gasteiger partial charge >= 0.3 is 0 Å². The second-order valence-corrected chi connectivity index (χ2v) is 23.4. The number of amides is 1. The highest BCUT2D eigenvalue weighted by Crippen LogP contribution is 2.23. The molecule has 1 saturated heterocycles. The number of aliphatic hydroxyl groups excluding tert-OH is 6. The summed E-state index contributed by atoms with van der Waals surface area (Å²) in [5.41, 5.74) is 0. The number of unbranched alkanes of at least 4 members (excludes halogenated alkanes) is 45. The number of aliphatic hydroxyl groups is 6. The summed E-state index contributed by atoms with van der Waals surface area (Å²) in [5.74, 6) is -0.610. The van der Waals surface area contributed by atoms with Gasteiger partial charge in [0.15, 0.2) is 6.29 Å². The van der Waals surface area contributed by atoms with Gasteiger partial charge in [0.25, 0.3) is 0 Å². The maximum atomic E-state index is 13.2. The third-order valence-electron chi connectivity index (χ3n) is 16.1. The molecule has 8 unspecified atom stereocenters. The third kappa shape index (κ3) is 43.4. The molecule has 1 heterocycles. The van der Waals surface area contributed by atoms with Crippen LogP contribution in [0.25, 0.3) is 0 Å². The molecule has 0 bridgehead atoms. The molecular weight excluding hydrogens is 951 g/mol. The number of hydrogen-bond donors (Lipinski definition) is 7. The van der Waals surface area contributed by atoms with E-state index >= 15 is 0 Å². The molecular formula is C66H127NO9. The van der Waals surface area contributed by atoms with Gasteiger partial charge in [-0.3, -0.25) is 4.79 Å². The highest BCUT2D eigenvalue weighted by Gasteiger charge is 2.44. The van der Waals surface area contributed by atoms with E-state index in [-0.39, 0.29) is 6.61 Å². The lowest BCUT2D eigenvalue weighted by Gasteiger charge is -2.40. The lowest BCUT2D eigenvalue weighted by Crippen LogP contribution is -2.60. The molecule has 1 aliphatic rings.